The van der Waals surface area contributed by atoms with Gasteiger partial charge < -0.3 is 24.2 Å². The lowest BCUT2D eigenvalue weighted by Gasteiger charge is -2.41. The fourth-order valence-corrected chi connectivity index (χ4v) is 8.20. The van der Waals surface area contributed by atoms with Gasteiger partial charge in [0.1, 0.15) is 39.9 Å². The molecule has 3 saturated carbocycles. The van der Waals surface area contributed by atoms with Crippen LogP contribution < -0.4 is 4.74 Å². The Labute approximate surface area is 246 Å². The lowest BCUT2D eigenvalue weighted by atomic mass is 9.73. The van der Waals surface area contributed by atoms with Gasteiger partial charge in [-0.25, -0.2) is 14.2 Å². The van der Waals surface area contributed by atoms with Gasteiger partial charge in [-0.15, -0.1) is 11.3 Å². The number of hydrogen-bond donors (Lipinski definition) is 2. The number of carboxylic acid groups (broad SMARTS) is 1. The third kappa shape index (κ3) is 4.69. The number of hydrogen-bond acceptors (Lipinski definition) is 8. The molecule has 3 unspecified atom stereocenters. The zero-order valence-electron chi connectivity index (χ0n) is 23.6. The molecule has 2 bridgehead atoms. The first-order valence-corrected chi connectivity index (χ1v) is 15.4. The average Bonchev–Trinajstić information content (AvgIpc) is 3.54. The summed E-state index contributed by atoms with van der Waals surface area (Å²) in [5, 5.41) is 26.1. The Morgan fingerprint density at radius 2 is 1.83 bits per heavy atom. The Balaban J connectivity index is 1.07. The minimum absolute atomic E-state index is 0.0539. The molecule has 0 saturated heterocycles. The first-order valence-electron chi connectivity index (χ1n) is 14.6. The molecule has 3 aliphatic carbocycles. The molecule has 2 aromatic carbocycles. The maximum absolute atomic E-state index is 14.7. The highest BCUT2D eigenvalue weighted by Gasteiger charge is 2.56. The van der Waals surface area contributed by atoms with E-state index < -0.39 is 17.4 Å². The number of thiazole rings is 1. The lowest BCUT2D eigenvalue weighted by molar-refractivity contribution is -0.116. The third-order valence-electron chi connectivity index (χ3n) is 9.31. The molecule has 3 aliphatic rings. The van der Waals surface area contributed by atoms with Crippen LogP contribution in [-0.4, -0.2) is 32.4 Å². The number of ether oxygens (including phenoxy) is 2. The highest BCUT2D eigenvalue weighted by atomic mass is 32.1. The molecular weight excluding hydrogens is 559 g/mol. The van der Waals surface area contributed by atoms with Gasteiger partial charge in [-0.2, -0.15) is 0 Å². The van der Waals surface area contributed by atoms with Gasteiger partial charge in [-0.1, -0.05) is 23.4 Å². The monoisotopic (exact) mass is 592 g/mol. The van der Waals surface area contributed by atoms with Crippen LogP contribution in [0.15, 0.2) is 34.9 Å². The van der Waals surface area contributed by atoms with E-state index in [-0.39, 0.29) is 29.0 Å². The zero-order valence-corrected chi connectivity index (χ0v) is 24.4. The van der Waals surface area contributed by atoms with Crippen molar-refractivity contribution >= 4 is 27.5 Å². The molecule has 0 spiro atoms. The standard InChI is InChI=1S/C32H33FN2O6S/c1-16-4-3-5-17(2)28(16)40-15-25-23(29(41-35-25)18-6-7-18)14-39-22-12-20-8-9-21(13-22)32(20,38)31-34-27-24(33)10-19(30(36)37)11-26(27)42-31/h3-5,10-11,18,20-22,38H,6-9,12-15H2,1-2H3,(H,36,37)/t20-,21?,22?,32?/m0/s1. The molecule has 0 radical (unpaired) electrons. The molecule has 0 aliphatic heterocycles. The Morgan fingerprint density at radius 1 is 1.12 bits per heavy atom. The number of rotatable bonds is 9. The Kier molecular flexibility index (Phi) is 6.83. The highest BCUT2D eigenvalue weighted by Crippen LogP contribution is 2.57. The quantitative estimate of drug-likeness (QED) is 0.218. The van der Waals surface area contributed by atoms with E-state index in [0.29, 0.717) is 41.7 Å². The fourth-order valence-electron chi connectivity index (χ4n) is 6.93. The molecule has 2 heterocycles. The second-order valence-electron chi connectivity index (χ2n) is 12.1. The maximum atomic E-state index is 14.7. The fraction of sp³-hybridized carbons (Fsp3) is 0.469. The number of carboxylic acids is 1. The summed E-state index contributed by atoms with van der Waals surface area (Å²) in [5.41, 5.74) is 2.67. The topological polar surface area (TPSA) is 115 Å². The van der Waals surface area contributed by atoms with Crippen LogP contribution >= 0.6 is 11.3 Å². The SMILES string of the molecule is Cc1cccc(C)c1OCc1noc(C2CC2)c1COC1CC2CC[C@@H](C1)C2(O)c1nc2c(F)cc(C(=O)O)cc2s1. The van der Waals surface area contributed by atoms with Crippen molar-refractivity contribution < 1.29 is 33.4 Å². The summed E-state index contributed by atoms with van der Waals surface area (Å²) in [6.45, 7) is 4.73. The summed E-state index contributed by atoms with van der Waals surface area (Å²) >= 11 is 1.19. The van der Waals surface area contributed by atoms with Crippen LogP contribution in [0.4, 0.5) is 4.39 Å². The number of aliphatic hydroxyl groups is 1. The van der Waals surface area contributed by atoms with Crippen LogP contribution in [0.25, 0.3) is 10.2 Å². The molecule has 8 nitrogen and oxygen atoms in total. The Bertz CT molecular complexity index is 1640. The van der Waals surface area contributed by atoms with E-state index in [1.165, 1.54) is 17.4 Å². The second kappa shape index (κ2) is 10.4. The van der Waals surface area contributed by atoms with Gasteiger partial charge >= 0.3 is 5.97 Å². The molecule has 4 atom stereocenters. The van der Waals surface area contributed by atoms with Gasteiger partial charge in [0.05, 0.1) is 23.0 Å². The number of aryl methyl sites for hydroxylation is 2. The molecule has 7 rings (SSSR count). The van der Waals surface area contributed by atoms with E-state index in [2.05, 4.69) is 10.1 Å². The summed E-state index contributed by atoms with van der Waals surface area (Å²) < 4.78 is 33.6. The Morgan fingerprint density at radius 3 is 2.50 bits per heavy atom. The number of benzene rings is 2. The number of aromatic nitrogens is 2. The van der Waals surface area contributed by atoms with Crippen LogP contribution in [0.2, 0.25) is 0 Å². The number of fused-ring (bicyclic) bond motifs is 3. The van der Waals surface area contributed by atoms with Gasteiger partial charge in [-0.3, -0.25) is 0 Å². The van der Waals surface area contributed by atoms with Crippen LogP contribution in [0.1, 0.15) is 88.0 Å². The highest BCUT2D eigenvalue weighted by molar-refractivity contribution is 7.18. The van der Waals surface area contributed by atoms with E-state index in [9.17, 15) is 19.4 Å². The van der Waals surface area contributed by atoms with Gasteiger partial charge in [0.25, 0.3) is 0 Å². The van der Waals surface area contributed by atoms with Gasteiger partial charge in [0.2, 0.25) is 0 Å². The van der Waals surface area contributed by atoms with Crippen molar-refractivity contribution in [2.24, 2.45) is 11.8 Å². The summed E-state index contributed by atoms with van der Waals surface area (Å²) in [6, 6.07) is 8.49. The van der Waals surface area contributed by atoms with E-state index in [4.69, 9.17) is 14.0 Å². The summed E-state index contributed by atoms with van der Waals surface area (Å²) in [5.74, 6) is 0.0821. The largest absolute Gasteiger partial charge is 0.487 e. The van der Waals surface area contributed by atoms with Gasteiger partial charge in [0.15, 0.2) is 5.82 Å². The number of halogens is 1. The number of nitrogens with zero attached hydrogens (tertiary/aromatic N) is 2. The molecule has 3 fully saturated rings. The summed E-state index contributed by atoms with van der Waals surface area (Å²) in [7, 11) is 0. The van der Waals surface area contributed by atoms with Gasteiger partial charge in [0, 0.05) is 11.5 Å². The lowest BCUT2D eigenvalue weighted by Crippen LogP contribution is -2.44. The smallest absolute Gasteiger partial charge is 0.335 e. The van der Waals surface area contributed by atoms with Crippen molar-refractivity contribution in [3.05, 3.63) is 74.9 Å². The van der Waals surface area contributed by atoms with Crippen LogP contribution in [0, 0.1) is 31.5 Å². The van der Waals surface area contributed by atoms with Crippen LogP contribution in [0.3, 0.4) is 0 Å². The first-order chi connectivity index (χ1) is 20.2. The number of para-hydroxylation sites is 1. The molecule has 2 aromatic heterocycles. The second-order valence-corrected chi connectivity index (χ2v) is 13.1. The van der Waals surface area contributed by atoms with Crippen molar-refractivity contribution in [2.75, 3.05) is 0 Å². The zero-order chi connectivity index (χ0) is 29.2. The molecule has 220 valence electrons. The third-order valence-corrected chi connectivity index (χ3v) is 10.5. The average molecular weight is 593 g/mol. The summed E-state index contributed by atoms with van der Waals surface area (Å²) in [4.78, 5) is 15.9. The number of aromatic carboxylic acids is 1. The predicted octanol–water partition coefficient (Wildman–Crippen LogP) is 6.79. The van der Waals surface area contributed by atoms with Crippen molar-refractivity contribution in [3.63, 3.8) is 0 Å². The van der Waals surface area contributed by atoms with E-state index in [1.54, 1.807) is 0 Å². The normalized spacial score (nSPS) is 25.3. The van der Waals surface area contributed by atoms with E-state index in [0.717, 1.165) is 65.6 Å². The van der Waals surface area contributed by atoms with Crippen LogP contribution in [0.5, 0.6) is 5.75 Å². The first kappa shape index (κ1) is 27.5. The maximum Gasteiger partial charge on any atom is 0.335 e. The van der Waals surface area contributed by atoms with Crippen molar-refractivity contribution in [3.8, 4) is 5.75 Å². The molecule has 10 heteroatoms. The molecule has 0 amide bonds. The molecule has 4 aromatic rings. The van der Waals surface area contributed by atoms with Crippen molar-refractivity contribution in [1.29, 1.82) is 0 Å². The molecule has 42 heavy (non-hydrogen) atoms. The Hall–Kier alpha value is -3.34. The minimum atomic E-state index is -1.19. The molecule has 2 N–H and O–H groups in total. The molecular formula is C32H33FN2O6S. The van der Waals surface area contributed by atoms with E-state index in [1.807, 2.05) is 32.0 Å². The van der Waals surface area contributed by atoms with Crippen molar-refractivity contribution in [1.82, 2.24) is 10.1 Å². The van der Waals surface area contributed by atoms with Gasteiger partial charge in [-0.05, 0) is 87.5 Å². The number of carbonyl (C=O) groups is 1. The predicted molar refractivity (Wildman–Crippen MR) is 153 cm³/mol. The van der Waals surface area contributed by atoms with E-state index >= 15 is 0 Å². The summed E-state index contributed by atoms with van der Waals surface area (Å²) in [6.07, 6.45) is 5.08. The minimum Gasteiger partial charge on any atom is -0.487 e. The van der Waals surface area contributed by atoms with Crippen LogP contribution in [-0.2, 0) is 23.6 Å². The van der Waals surface area contributed by atoms with Crippen molar-refractivity contribution in [2.45, 2.75) is 83.2 Å².